The molecule has 30 heavy (non-hydrogen) atoms. The number of ketones is 1. The molecule has 0 saturated carbocycles. The van der Waals surface area contributed by atoms with E-state index in [1.165, 1.54) is 0 Å². The van der Waals surface area contributed by atoms with Crippen molar-refractivity contribution in [3.8, 4) is 0 Å². The third kappa shape index (κ3) is 4.29. The van der Waals surface area contributed by atoms with Gasteiger partial charge in [-0.1, -0.05) is 65.7 Å². The summed E-state index contributed by atoms with van der Waals surface area (Å²) in [5.74, 6) is -1.27. The van der Waals surface area contributed by atoms with Gasteiger partial charge in [0.1, 0.15) is 16.6 Å². The van der Waals surface area contributed by atoms with E-state index in [1.54, 1.807) is 72.8 Å². The van der Waals surface area contributed by atoms with E-state index in [1.807, 2.05) is 6.07 Å². The van der Waals surface area contributed by atoms with E-state index in [4.69, 9.17) is 27.6 Å². The first-order valence-corrected chi connectivity index (χ1v) is 11.5. The van der Waals surface area contributed by atoms with Gasteiger partial charge < -0.3 is 4.42 Å². The van der Waals surface area contributed by atoms with E-state index in [2.05, 4.69) is 0 Å². The second-order valence-electron chi connectivity index (χ2n) is 6.86. The van der Waals surface area contributed by atoms with Crippen LogP contribution in [0.5, 0.6) is 0 Å². The Hall–Kier alpha value is -2.60. The van der Waals surface area contributed by atoms with Gasteiger partial charge in [0.25, 0.3) is 0 Å². The Morgan fingerprint density at radius 2 is 1.37 bits per heavy atom. The van der Waals surface area contributed by atoms with Gasteiger partial charge in [-0.25, -0.2) is 8.42 Å². The minimum Gasteiger partial charge on any atom is -0.453 e. The van der Waals surface area contributed by atoms with Gasteiger partial charge >= 0.3 is 0 Å². The fourth-order valence-corrected chi connectivity index (χ4v) is 5.41. The van der Waals surface area contributed by atoms with Crippen molar-refractivity contribution < 1.29 is 17.6 Å². The largest absolute Gasteiger partial charge is 0.453 e. The first-order chi connectivity index (χ1) is 14.3. The highest BCUT2D eigenvalue weighted by Gasteiger charge is 2.32. The predicted octanol–water partition coefficient (Wildman–Crippen LogP) is 6.13. The SMILES string of the molecule is O=C(CS(=O)(=O)C(c1ccc(Cl)cc1)c1ccc(Cl)cc1)c1cc2ccccc2o1. The van der Waals surface area contributed by atoms with Gasteiger partial charge in [-0.2, -0.15) is 0 Å². The highest BCUT2D eigenvalue weighted by molar-refractivity contribution is 7.92. The zero-order chi connectivity index (χ0) is 21.3. The van der Waals surface area contributed by atoms with Crippen LogP contribution in [-0.2, 0) is 9.84 Å². The molecule has 4 aromatic rings. The number of furan rings is 1. The molecule has 0 aliphatic carbocycles. The van der Waals surface area contributed by atoms with E-state index in [0.29, 0.717) is 26.8 Å². The van der Waals surface area contributed by atoms with Gasteiger partial charge in [0.15, 0.2) is 15.6 Å². The molecule has 0 saturated heterocycles. The molecule has 1 heterocycles. The molecule has 0 bridgehead atoms. The van der Waals surface area contributed by atoms with Gasteiger partial charge in [0.05, 0.1) is 0 Å². The molecule has 4 nitrogen and oxygen atoms in total. The van der Waals surface area contributed by atoms with Crippen molar-refractivity contribution >= 4 is 49.8 Å². The lowest BCUT2D eigenvalue weighted by atomic mass is 10.0. The molecule has 0 fully saturated rings. The normalized spacial score (nSPS) is 11.8. The van der Waals surface area contributed by atoms with Crippen molar-refractivity contribution in [3.63, 3.8) is 0 Å². The number of carbonyl (C=O) groups excluding carboxylic acids is 1. The number of carbonyl (C=O) groups is 1. The van der Waals surface area contributed by atoms with Gasteiger partial charge in [0, 0.05) is 15.4 Å². The van der Waals surface area contributed by atoms with Crippen LogP contribution in [0.15, 0.2) is 83.3 Å². The number of sulfone groups is 1. The van der Waals surface area contributed by atoms with Crippen molar-refractivity contribution in [2.75, 3.05) is 5.75 Å². The lowest BCUT2D eigenvalue weighted by molar-refractivity contribution is 0.0992. The van der Waals surface area contributed by atoms with Crippen LogP contribution in [0.3, 0.4) is 0 Å². The predicted molar refractivity (Wildman–Crippen MR) is 119 cm³/mol. The number of halogens is 2. The molecular formula is C23H16Cl2O4S. The zero-order valence-electron chi connectivity index (χ0n) is 15.6. The molecule has 0 unspecified atom stereocenters. The fraction of sp³-hybridized carbons (Fsp3) is 0.0870. The molecule has 0 aliphatic heterocycles. The van der Waals surface area contributed by atoms with Crippen LogP contribution in [0.25, 0.3) is 11.0 Å². The molecule has 3 aromatic carbocycles. The Morgan fingerprint density at radius 3 is 1.90 bits per heavy atom. The van der Waals surface area contributed by atoms with Crippen LogP contribution in [0.2, 0.25) is 10.0 Å². The van der Waals surface area contributed by atoms with Gasteiger partial charge in [0.2, 0.25) is 5.78 Å². The third-order valence-corrected chi connectivity index (χ3v) is 7.17. The molecular weight excluding hydrogens is 443 g/mol. The number of fused-ring (bicyclic) bond motifs is 1. The average Bonchev–Trinajstić information content (AvgIpc) is 3.15. The van der Waals surface area contributed by atoms with Crippen molar-refractivity contribution in [1.29, 1.82) is 0 Å². The smallest absolute Gasteiger partial charge is 0.213 e. The first kappa shape index (κ1) is 20.7. The van der Waals surface area contributed by atoms with Crippen LogP contribution in [0.4, 0.5) is 0 Å². The van der Waals surface area contributed by atoms with E-state index in [0.717, 1.165) is 5.39 Å². The maximum absolute atomic E-state index is 13.4. The standard InChI is InChI=1S/C23H16Cl2O4S/c24-18-9-5-15(6-10-18)23(16-7-11-19(25)12-8-16)30(27,28)14-20(26)22-13-17-3-1-2-4-21(17)29-22/h1-13,23H,14H2. The molecule has 7 heteroatoms. The average molecular weight is 459 g/mol. The molecule has 0 spiro atoms. The van der Waals surface area contributed by atoms with E-state index in [9.17, 15) is 13.2 Å². The van der Waals surface area contributed by atoms with Crippen LogP contribution >= 0.6 is 23.2 Å². The molecule has 1 aromatic heterocycles. The summed E-state index contributed by atoms with van der Waals surface area (Å²) in [4.78, 5) is 12.8. The highest BCUT2D eigenvalue weighted by Crippen LogP contribution is 2.33. The van der Waals surface area contributed by atoms with Gasteiger partial charge in [-0.15, -0.1) is 0 Å². The Morgan fingerprint density at radius 1 is 0.833 bits per heavy atom. The fourth-order valence-electron chi connectivity index (χ4n) is 3.34. The summed E-state index contributed by atoms with van der Waals surface area (Å²) < 4.78 is 32.3. The molecule has 4 rings (SSSR count). The zero-order valence-corrected chi connectivity index (χ0v) is 17.9. The molecule has 0 atom stereocenters. The van der Waals surface area contributed by atoms with E-state index < -0.39 is 26.6 Å². The van der Waals surface area contributed by atoms with Crippen LogP contribution in [0.1, 0.15) is 26.9 Å². The summed E-state index contributed by atoms with van der Waals surface area (Å²) in [5.41, 5.74) is 1.56. The Labute approximate surface area is 184 Å². The third-order valence-electron chi connectivity index (χ3n) is 4.74. The minimum absolute atomic E-state index is 0.0192. The number of rotatable bonds is 6. The van der Waals surface area contributed by atoms with Crippen molar-refractivity contribution in [1.82, 2.24) is 0 Å². The van der Waals surface area contributed by atoms with Crippen LogP contribution in [-0.4, -0.2) is 20.0 Å². The summed E-state index contributed by atoms with van der Waals surface area (Å²) in [6.45, 7) is 0. The summed E-state index contributed by atoms with van der Waals surface area (Å²) in [6, 6.07) is 21.8. The van der Waals surface area contributed by atoms with E-state index in [-0.39, 0.29) is 5.76 Å². The first-order valence-electron chi connectivity index (χ1n) is 9.08. The molecule has 0 N–H and O–H groups in total. The topological polar surface area (TPSA) is 64.3 Å². The summed E-state index contributed by atoms with van der Waals surface area (Å²) >= 11 is 11.9. The Kier molecular flexibility index (Phi) is 5.69. The Bertz CT molecular complexity index is 1230. The monoisotopic (exact) mass is 458 g/mol. The van der Waals surface area contributed by atoms with Gasteiger partial charge in [-0.3, -0.25) is 4.79 Å². The van der Waals surface area contributed by atoms with Crippen molar-refractivity contribution in [3.05, 3.63) is 106 Å². The number of para-hydroxylation sites is 1. The lowest BCUT2D eigenvalue weighted by Crippen LogP contribution is -2.23. The summed E-state index contributed by atoms with van der Waals surface area (Å²) in [7, 11) is -3.93. The molecule has 0 amide bonds. The van der Waals surface area contributed by atoms with Gasteiger partial charge in [-0.05, 0) is 47.5 Å². The molecule has 152 valence electrons. The lowest BCUT2D eigenvalue weighted by Gasteiger charge is -2.18. The second-order valence-corrected chi connectivity index (χ2v) is 9.82. The number of benzene rings is 3. The maximum atomic E-state index is 13.4. The molecule has 0 radical (unpaired) electrons. The summed E-state index contributed by atoms with van der Waals surface area (Å²) in [5, 5.41) is 0.680. The van der Waals surface area contributed by atoms with Crippen molar-refractivity contribution in [2.24, 2.45) is 0 Å². The van der Waals surface area contributed by atoms with Crippen LogP contribution < -0.4 is 0 Å². The van der Waals surface area contributed by atoms with E-state index >= 15 is 0 Å². The number of hydrogen-bond donors (Lipinski definition) is 0. The second kappa shape index (κ2) is 8.26. The van der Waals surface area contributed by atoms with Crippen molar-refractivity contribution in [2.45, 2.75) is 5.25 Å². The van der Waals surface area contributed by atoms with Crippen LogP contribution in [0, 0.1) is 0 Å². The quantitative estimate of drug-likeness (QED) is 0.326. The maximum Gasteiger partial charge on any atom is 0.213 e. The number of hydrogen-bond acceptors (Lipinski definition) is 4. The highest BCUT2D eigenvalue weighted by atomic mass is 35.5. The minimum atomic E-state index is -3.93. The summed E-state index contributed by atoms with van der Waals surface area (Å²) in [6.07, 6.45) is 0. The Balaban J connectivity index is 1.71. The number of Topliss-reactive ketones (excluding diaryl/α,β-unsaturated/α-hetero) is 1. The molecule has 0 aliphatic rings.